The lowest BCUT2D eigenvalue weighted by Crippen LogP contribution is -2.52. The van der Waals surface area contributed by atoms with Crippen molar-refractivity contribution in [1.82, 2.24) is 10.6 Å². The fraction of sp³-hybridized carbons (Fsp3) is 0.360. The third-order valence-corrected chi connectivity index (χ3v) is 6.52. The number of nitrogens with zero attached hydrogens (tertiary/aromatic N) is 1. The highest BCUT2D eigenvalue weighted by atomic mass is 19.3. The van der Waals surface area contributed by atoms with E-state index in [1.807, 2.05) is 24.3 Å². The Morgan fingerprint density at radius 3 is 2.50 bits per heavy atom. The summed E-state index contributed by atoms with van der Waals surface area (Å²) in [5.74, 6) is -0.260. The molecule has 0 aromatic heterocycles. The van der Waals surface area contributed by atoms with E-state index < -0.39 is 18.5 Å². The average molecular weight is 440 g/mol. The minimum absolute atomic E-state index is 0.0213. The molecule has 2 aromatic rings. The predicted molar refractivity (Wildman–Crippen MR) is 120 cm³/mol. The van der Waals surface area contributed by atoms with Crippen molar-refractivity contribution in [3.63, 3.8) is 0 Å². The summed E-state index contributed by atoms with van der Waals surface area (Å²) >= 11 is 0. The number of alkyl halides is 2. The van der Waals surface area contributed by atoms with E-state index >= 15 is 0 Å². The molecule has 168 valence electrons. The molecule has 0 radical (unpaired) electrons. The number of hydrogen-bond acceptors (Lipinski definition) is 2. The molecule has 0 bridgehead atoms. The number of halogens is 2. The fourth-order valence-corrected chi connectivity index (χ4v) is 4.22. The highest BCUT2D eigenvalue weighted by Crippen LogP contribution is 2.38. The Labute approximate surface area is 186 Å². The van der Waals surface area contributed by atoms with E-state index in [1.165, 1.54) is 28.7 Å². The van der Waals surface area contributed by atoms with Gasteiger partial charge in [0.1, 0.15) is 0 Å². The van der Waals surface area contributed by atoms with Crippen LogP contribution >= 0.6 is 0 Å². The highest BCUT2D eigenvalue weighted by Gasteiger charge is 2.39. The van der Waals surface area contributed by atoms with E-state index in [-0.39, 0.29) is 16.9 Å². The van der Waals surface area contributed by atoms with E-state index in [4.69, 9.17) is 0 Å². The van der Waals surface area contributed by atoms with Gasteiger partial charge in [-0.1, -0.05) is 57.2 Å². The zero-order chi connectivity index (χ0) is 23.0. The summed E-state index contributed by atoms with van der Waals surface area (Å²) in [7, 11) is 0. The molecule has 7 heteroatoms. The number of amides is 3. The number of benzene rings is 2. The molecule has 2 aromatic carbocycles. The monoisotopic (exact) mass is 439 g/mol. The first-order chi connectivity index (χ1) is 15.2. The van der Waals surface area contributed by atoms with Gasteiger partial charge in [0.2, 0.25) is 0 Å². The van der Waals surface area contributed by atoms with Crippen LogP contribution in [0, 0.1) is 0 Å². The van der Waals surface area contributed by atoms with E-state index in [2.05, 4.69) is 31.4 Å². The summed E-state index contributed by atoms with van der Waals surface area (Å²) in [6, 6.07) is 12.6. The van der Waals surface area contributed by atoms with Gasteiger partial charge in [0.05, 0.1) is 17.3 Å². The van der Waals surface area contributed by atoms with Gasteiger partial charge in [-0.05, 0) is 35.1 Å². The molecule has 0 saturated carbocycles. The zero-order valence-corrected chi connectivity index (χ0v) is 18.4. The van der Waals surface area contributed by atoms with Crippen LogP contribution < -0.4 is 15.5 Å². The molecule has 0 spiro atoms. The molecule has 0 fully saturated rings. The predicted octanol–water partition coefficient (Wildman–Crippen LogP) is 5.36. The van der Waals surface area contributed by atoms with Crippen LogP contribution in [-0.2, 0) is 10.2 Å². The molecule has 2 aliphatic rings. The molecule has 32 heavy (non-hydrogen) atoms. The van der Waals surface area contributed by atoms with Crippen LogP contribution in [0.5, 0.6) is 0 Å². The number of urea groups is 1. The summed E-state index contributed by atoms with van der Waals surface area (Å²) in [4.78, 5) is 27.4. The third kappa shape index (κ3) is 3.87. The van der Waals surface area contributed by atoms with Gasteiger partial charge in [-0.25, -0.2) is 13.6 Å². The topological polar surface area (TPSA) is 61.4 Å². The first kappa shape index (κ1) is 22.0. The van der Waals surface area contributed by atoms with Crippen molar-refractivity contribution in [2.75, 3.05) is 11.4 Å². The maximum absolute atomic E-state index is 13.2. The molecule has 0 unspecified atom stereocenters. The minimum Gasteiger partial charge on any atom is -0.352 e. The van der Waals surface area contributed by atoms with Gasteiger partial charge in [0, 0.05) is 24.2 Å². The molecular formula is C25H27F2N3O2. The summed E-state index contributed by atoms with van der Waals surface area (Å²) in [5.41, 5.74) is 3.15. The first-order valence-electron chi connectivity index (χ1n) is 10.8. The van der Waals surface area contributed by atoms with Gasteiger partial charge < -0.3 is 10.6 Å². The van der Waals surface area contributed by atoms with Crippen LogP contribution in [-0.4, -0.2) is 18.5 Å². The van der Waals surface area contributed by atoms with Gasteiger partial charge >= 0.3 is 6.03 Å². The normalized spacial score (nSPS) is 19.1. The molecule has 2 N–H and O–H groups in total. The SMILES string of the molecule is CCC(C)(C)c1ccc([C@H]2NC(=O)N(c3cccc(C(F)F)c3)C3=C2C(=O)NCC3)cc1. The quantitative estimate of drug-likeness (QED) is 0.659. The molecule has 2 aliphatic heterocycles. The Balaban J connectivity index is 1.77. The first-order valence-corrected chi connectivity index (χ1v) is 10.8. The van der Waals surface area contributed by atoms with Crippen LogP contribution in [0.3, 0.4) is 0 Å². The average Bonchev–Trinajstić information content (AvgIpc) is 2.78. The number of anilines is 1. The van der Waals surface area contributed by atoms with Crippen LogP contribution in [0.15, 0.2) is 59.8 Å². The molecule has 4 rings (SSSR count). The number of carbonyl (C=O) groups excluding carboxylic acids is 2. The van der Waals surface area contributed by atoms with Crippen molar-refractivity contribution in [1.29, 1.82) is 0 Å². The maximum Gasteiger partial charge on any atom is 0.327 e. The second-order valence-electron chi connectivity index (χ2n) is 8.84. The Morgan fingerprint density at radius 2 is 1.84 bits per heavy atom. The van der Waals surface area contributed by atoms with Crippen LogP contribution in [0.25, 0.3) is 0 Å². The molecule has 0 saturated heterocycles. The standard InChI is InChI=1S/C25H27F2N3O2/c1-4-25(2,3)17-10-8-15(9-11-17)21-20-19(12-13-28-23(20)31)30(24(32)29-21)18-7-5-6-16(14-18)22(26)27/h5-11,14,21-22H,4,12-13H2,1-3H3,(H,28,31)(H,29,32)/t21-/m1/s1. The molecule has 3 amide bonds. The van der Waals surface area contributed by atoms with Crippen molar-refractivity contribution in [2.45, 2.75) is 51.5 Å². The molecule has 0 aliphatic carbocycles. The highest BCUT2D eigenvalue weighted by molar-refractivity contribution is 6.05. The lowest BCUT2D eigenvalue weighted by molar-refractivity contribution is -0.118. The van der Waals surface area contributed by atoms with Gasteiger partial charge in [0.25, 0.3) is 12.3 Å². The summed E-state index contributed by atoms with van der Waals surface area (Å²) < 4.78 is 26.5. The van der Waals surface area contributed by atoms with E-state index in [0.29, 0.717) is 29.9 Å². The number of nitrogens with one attached hydrogen (secondary N) is 2. The lowest BCUT2D eigenvalue weighted by Gasteiger charge is -2.39. The number of hydrogen-bond donors (Lipinski definition) is 2. The van der Waals surface area contributed by atoms with Crippen molar-refractivity contribution in [3.8, 4) is 0 Å². The summed E-state index contributed by atoms with van der Waals surface area (Å²) in [5, 5.41) is 5.76. The van der Waals surface area contributed by atoms with Gasteiger partial charge in [-0.3, -0.25) is 9.69 Å². The van der Waals surface area contributed by atoms with E-state index in [9.17, 15) is 18.4 Å². The van der Waals surface area contributed by atoms with Crippen LogP contribution in [0.4, 0.5) is 19.3 Å². The lowest BCUT2D eigenvalue weighted by atomic mass is 9.81. The van der Waals surface area contributed by atoms with Gasteiger partial charge in [0.15, 0.2) is 0 Å². The molecule has 1 atom stereocenters. The zero-order valence-electron chi connectivity index (χ0n) is 18.4. The Bertz CT molecular complexity index is 1080. The second-order valence-corrected chi connectivity index (χ2v) is 8.84. The summed E-state index contributed by atoms with van der Waals surface area (Å²) in [6.07, 6.45) is -1.23. The van der Waals surface area contributed by atoms with Crippen molar-refractivity contribution in [2.24, 2.45) is 0 Å². The second kappa shape index (κ2) is 8.37. The van der Waals surface area contributed by atoms with Crippen molar-refractivity contribution >= 4 is 17.6 Å². The largest absolute Gasteiger partial charge is 0.352 e. The number of carbonyl (C=O) groups is 2. The maximum atomic E-state index is 13.2. The van der Waals surface area contributed by atoms with E-state index in [1.54, 1.807) is 6.07 Å². The Hall–Kier alpha value is -3.22. The Morgan fingerprint density at radius 1 is 1.12 bits per heavy atom. The molecule has 2 heterocycles. The van der Waals surface area contributed by atoms with Crippen molar-refractivity contribution < 1.29 is 18.4 Å². The molecular weight excluding hydrogens is 412 g/mol. The fourth-order valence-electron chi connectivity index (χ4n) is 4.22. The van der Waals surface area contributed by atoms with Gasteiger partial charge in [-0.15, -0.1) is 0 Å². The van der Waals surface area contributed by atoms with Crippen molar-refractivity contribution in [3.05, 3.63) is 76.5 Å². The van der Waals surface area contributed by atoms with Crippen LogP contribution in [0.2, 0.25) is 0 Å². The van der Waals surface area contributed by atoms with Crippen LogP contribution in [0.1, 0.15) is 62.8 Å². The van der Waals surface area contributed by atoms with E-state index in [0.717, 1.165) is 12.0 Å². The Kier molecular flexibility index (Phi) is 5.75. The van der Waals surface area contributed by atoms with Gasteiger partial charge in [-0.2, -0.15) is 0 Å². The summed E-state index contributed by atoms with van der Waals surface area (Å²) in [6.45, 7) is 6.86. The smallest absolute Gasteiger partial charge is 0.327 e. The minimum atomic E-state index is -2.65. The number of rotatable bonds is 5. The molecule has 5 nitrogen and oxygen atoms in total. The third-order valence-electron chi connectivity index (χ3n) is 6.52.